The van der Waals surface area contributed by atoms with Crippen molar-refractivity contribution in [3.63, 3.8) is 0 Å². The molecule has 0 aliphatic rings. The second kappa shape index (κ2) is 6.64. The number of rotatable bonds is 3. The molecule has 142 valence electrons. The van der Waals surface area contributed by atoms with E-state index in [9.17, 15) is 9.59 Å². The average Bonchev–Trinajstić information content (AvgIpc) is 3.03. The summed E-state index contributed by atoms with van der Waals surface area (Å²) in [6.45, 7) is 11.5. The van der Waals surface area contributed by atoms with Gasteiger partial charge in [0, 0.05) is 11.1 Å². The summed E-state index contributed by atoms with van der Waals surface area (Å²) in [7, 11) is 0. The Bertz CT molecular complexity index is 1090. The number of hydrogen-bond acceptors (Lipinski definition) is 4. The molecular formula is C20H25N5O2. The van der Waals surface area contributed by atoms with Gasteiger partial charge < -0.3 is 5.32 Å². The van der Waals surface area contributed by atoms with Crippen molar-refractivity contribution in [1.29, 1.82) is 0 Å². The molecule has 0 spiro atoms. The topological polar surface area (TPSA) is 81.8 Å². The van der Waals surface area contributed by atoms with Crippen LogP contribution >= 0.6 is 0 Å². The smallest absolute Gasteiger partial charge is 0.293 e. The number of amides is 1. The molecule has 0 bridgehead atoms. The molecule has 3 rings (SSSR count). The van der Waals surface area contributed by atoms with E-state index >= 15 is 0 Å². The summed E-state index contributed by atoms with van der Waals surface area (Å²) in [5.41, 5.74) is 3.30. The Labute approximate surface area is 158 Å². The summed E-state index contributed by atoms with van der Waals surface area (Å²) in [6, 6.07) is 5.72. The highest BCUT2D eigenvalue weighted by Gasteiger charge is 2.22. The number of aryl methyl sites for hydroxylation is 2. The molecule has 1 amide bonds. The molecule has 7 heteroatoms. The van der Waals surface area contributed by atoms with Gasteiger partial charge in [0.25, 0.3) is 5.56 Å². The molecule has 0 unspecified atom stereocenters. The van der Waals surface area contributed by atoms with Crippen LogP contribution in [0.2, 0.25) is 0 Å². The van der Waals surface area contributed by atoms with Crippen molar-refractivity contribution in [3.8, 4) is 0 Å². The van der Waals surface area contributed by atoms with Crippen molar-refractivity contribution in [3.05, 3.63) is 51.6 Å². The standard InChI is InChI=1S/C20H25N5O2/c1-12-8-7-9-16(13(12)2)22-17(26)11-24-19(27)18-15(14(3)23-24)10-21-25(18)20(4,5)6/h7-10H,11H2,1-6H3,(H,22,26). The van der Waals surface area contributed by atoms with Crippen molar-refractivity contribution < 1.29 is 4.79 Å². The third-order valence-corrected chi connectivity index (χ3v) is 4.67. The predicted molar refractivity (Wildman–Crippen MR) is 106 cm³/mol. The van der Waals surface area contributed by atoms with Gasteiger partial charge in [0.1, 0.15) is 12.1 Å². The lowest BCUT2D eigenvalue weighted by Crippen LogP contribution is -2.33. The van der Waals surface area contributed by atoms with E-state index in [2.05, 4.69) is 15.5 Å². The van der Waals surface area contributed by atoms with Crippen molar-refractivity contribution in [2.45, 2.75) is 53.6 Å². The van der Waals surface area contributed by atoms with Gasteiger partial charge in [-0.1, -0.05) is 12.1 Å². The Balaban J connectivity index is 1.98. The van der Waals surface area contributed by atoms with E-state index in [1.165, 1.54) is 4.68 Å². The zero-order valence-corrected chi connectivity index (χ0v) is 16.6. The first-order chi connectivity index (χ1) is 12.6. The minimum Gasteiger partial charge on any atom is -0.324 e. The Kier molecular flexibility index (Phi) is 4.63. The van der Waals surface area contributed by atoms with Gasteiger partial charge in [0.2, 0.25) is 5.91 Å². The Hall–Kier alpha value is -2.96. The SMILES string of the molecule is Cc1cccc(NC(=O)Cn2nc(C)c3cnn(C(C)(C)C)c3c2=O)c1C. The van der Waals surface area contributed by atoms with Crippen LogP contribution in [-0.4, -0.2) is 25.5 Å². The molecule has 0 radical (unpaired) electrons. The number of carbonyl (C=O) groups is 1. The Morgan fingerprint density at radius 1 is 1.19 bits per heavy atom. The van der Waals surface area contributed by atoms with Crippen LogP contribution in [0.25, 0.3) is 10.9 Å². The summed E-state index contributed by atoms with van der Waals surface area (Å²) in [5.74, 6) is -0.293. The van der Waals surface area contributed by atoms with E-state index in [4.69, 9.17) is 0 Å². The number of carbonyl (C=O) groups excluding carboxylic acids is 1. The molecule has 2 aromatic heterocycles. The third-order valence-electron chi connectivity index (χ3n) is 4.67. The highest BCUT2D eigenvalue weighted by Crippen LogP contribution is 2.21. The number of benzene rings is 1. The zero-order valence-electron chi connectivity index (χ0n) is 16.6. The largest absolute Gasteiger partial charge is 0.324 e. The zero-order chi connectivity index (χ0) is 19.9. The van der Waals surface area contributed by atoms with Crippen LogP contribution in [0.3, 0.4) is 0 Å². The van der Waals surface area contributed by atoms with Gasteiger partial charge in [0.05, 0.1) is 17.4 Å². The number of aromatic nitrogens is 4. The average molecular weight is 367 g/mol. The van der Waals surface area contributed by atoms with Gasteiger partial charge in [-0.3, -0.25) is 14.3 Å². The van der Waals surface area contributed by atoms with Crippen molar-refractivity contribution in [2.75, 3.05) is 5.32 Å². The van der Waals surface area contributed by atoms with Gasteiger partial charge in [-0.2, -0.15) is 10.2 Å². The highest BCUT2D eigenvalue weighted by molar-refractivity contribution is 5.91. The fraction of sp³-hybridized carbons (Fsp3) is 0.400. The van der Waals surface area contributed by atoms with Crippen LogP contribution in [0, 0.1) is 20.8 Å². The fourth-order valence-corrected chi connectivity index (χ4v) is 3.05. The van der Waals surface area contributed by atoms with E-state index in [-0.39, 0.29) is 23.6 Å². The summed E-state index contributed by atoms with van der Waals surface area (Å²) in [6.07, 6.45) is 1.66. The van der Waals surface area contributed by atoms with Crippen LogP contribution in [0.15, 0.2) is 29.2 Å². The number of nitrogens with one attached hydrogen (secondary N) is 1. The van der Waals surface area contributed by atoms with E-state index in [1.54, 1.807) is 10.9 Å². The lowest BCUT2D eigenvalue weighted by molar-refractivity contribution is -0.117. The number of anilines is 1. The lowest BCUT2D eigenvalue weighted by atomic mass is 10.1. The van der Waals surface area contributed by atoms with Crippen LogP contribution in [-0.2, 0) is 16.9 Å². The molecule has 2 heterocycles. The molecule has 0 atom stereocenters. The van der Waals surface area contributed by atoms with Gasteiger partial charge >= 0.3 is 0 Å². The molecule has 0 aliphatic carbocycles. The maximum Gasteiger partial charge on any atom is 0.293 e. The first-order valence-electron chi connectivity index (χ1n) is 8.91. The van der Waals surface area contributed by atoms with Crippen molar-refractivity contribution >= 4 is 22.5 Å². The second-order valence-corrected chi connectivity index (χ2v) is 7.83. The fourth-order valence-electron chi connectivity index (χ4n) is 3.05. The Morgan fingerprint density at radius 2 is 1.89 bits per heavy atom. The molecule has 7 nitrogen and oxygen atoms in total. The molecule has 0 saturated heterocycles. The Morgan fingerprint density at radius 3 is 2.56 bits per heavy atom. The van der Waals surface area contributed by atoms with E-state index in [1.807, 2.05) is 59.7 Å². The van der Waals surface area contributed by atoms with Crippen LogP contribution in [0.5, 0.6) is 0 Å². The minimum absolute atomic E-state index is 0.154. The van der Waals surface area contributed by atoms with Gasteiger partial charge in [-0.15, -0.1) is 0 Å². The summed E-state index contributed by atoms with van der Waals surface area (Å²) < 4.78 is 2.90. The van der Waals surface area contributed by atoms with Gasteiger partial charge in [-0.05, 0) is 58.7 Å². The maximum atomic E-state index is 13.0. The number of nitrogens with zero attached hydrogens (tertiary/aromatic N) is 4. The number of fused-ring (bicyclic) bond motifs is 1. The van der Waals surface area contributed by atoms with Gasteiger partial charge in [-0.25, -0.2) is 4.68 Å². The summed E-state index contributed by atoms with van der Waals surface area (Å²) in [5, 5.41) is 12.2. The quantitative estimate of drug-likeness (QED) is 0.772. The molecular weight excluding hydrogens is 342 g/mol. The van der Waals surface area contributed by atoms with Gasteiger partial charge in [0.15, 0.2) is 0 Å². The van der Waals surface area contributed by atoms with E-state index < -0.39 is 0 Å². The first-order valence-corrected chi connectivity index (χ1v) is 8.91. The molecule has 27 heavy (non-hydrogen) atoms. The molecule has 1 aromatic carbocycles. The van der Waals surface area contributed by atoms with E-state index in [0.717, 1.165) is 16.8 Å². The van der Waals surface area contributed by atoms with Crippen molar-refractivity contribution in [2.24, 2.45) is 0 Å². The molecule has 0 saturated carbocycles. The summed E-state index contributed by atoms with van der Waals surface area (Å²) >= 11 is 0. The normalized spacial score (nSPS) is 11.8. The van der Waals surface area contributed by atoms with E-state index in [0.29, 0.717) is 16.6 Å². The van der Waals surface area contributed by atoms with Crippen LogP contribution in [0.1, 0.15) is 37.6 Å². The van der Waals surface area contributed by atoms with Crippen molar-refractivity contribution in [1.82, 2.24) is 19.6 Å². The molecule has 0 aliphatic heterocycles. The lowest BCUT2D eigenvalue weighted by Gasteiger charge is -2.20. The van der Waals surface area contributed by atoms with Crippen LogP contribution in [0.4, 0.5) is 5.69 Å². The molecule has 1 N–H and O–H groups in total. The first kappa shape index (κ1) is 18.8. The molecule has 0 fully saturated rings. The predicted octanol–water partition coefficient (Wildman–Crippen LogP) is 2.91. The van der Waals surface area contributed by atoms with Crippen LogP contribution < -0.4 is 10.9 Å². The summed E-state index contributed by atoms with van der Waals surface area (Å²) in [4.78, 5) is 25.5. The maximum absolute atomic E-state index is 13.0. The minimum atomic E-state index is -0.354. The highest BCUT2D eigenvalue weighted by atomic mass is 16.2. The molecule has 3 aromatic rings. The number of hydrogen-bond donors (Lipinski definition) is 1. The second-order valence-electron chi connectivity index (χ2n) is 7.83. The third kappa shape index (κ3) is 3.49. The monoisotopic (exact) mass is 367 g/mol.